The van der Waals surface area contributed by atoms with Gasteiger partial charge in [-0.3, -0.25) is 5.32 Å². The van der Waals surface area contributed by atoms with Crippen LogP contribution < -0.4 is 10.6 Å². The Kier molecular flexibility index (Phi) is 7.49. The highest BCUT2D eigenvalue weighted by molar-refractivity contribution is 6.07. The number of fused-ring (bicyclic) bond motifs is 6. The van der Waals surface area contributed by atoms with Gasteiger partial charge in [0.25, 0.3) is 0 Å². The molecule has 1 aliphatic heterocycles. The van der Waals surface area contributed by atoms with Crippen molar-refractivity contribution in [3.8, 4) is 22.3 Å². The van der Waals surface area contributed by atoms with Crippen molar-refractivity contribution >= 4 is 55.2 Å². The number of rotatable bonds is 5. The maximum atomic E-state index is 6.67. The molecule has 4 nitrogen and oxygen atoms in total. The van der Waals surface area contributed by atoms with Crippen molar-refractivity contribution in [1.82, 2.24) is 10.6 Å². The SMILES string of the molecule is C1=Cc2oc3cccc(-c4cccc5ccccc45)c3c2C(C2NC(c3ccc(-c4cccc5ccccc45)cc3)=NC(c3ccc4ccccc4c3)N2)C1. The fraction of sp³-hybridized carbons (Fsp3) is 0.0784. The van der Waals surface area contributed by atoms with E-state index in [0.29, 0.717) is 0 Å². The molecule has 2 N–H and O–H groups in total. The van der Waals surface area contributed by atoms with Crippen molar-refractivity contribution in [3.63, 3.8) is 0 Å². The fourth-order valence-electron chi connectivity index (χ4n) is 8.88. The van der Waals surface area contributed by atoms with Crippen molar-refractivity contribution in [1.29, 1.82) is 0 Å². The Hall–Kier alpha value is -6.75. The minimum Gasteiger partial charge on any atom is -0.456 e. The lowest BCUT2D eigenvalue weighted by Crippen LogP contribution is -2.54. The van der Waals surface area contributed by atoms with Crippen LogP contribution in [-0.4, -0.2) is 12.0 Å². The zero-order chi connectivity index (χ0) is 36.3. The minimum atomic E-state index is -0.256. The Morgan fingerprint density at radius 2 is 1.18 bits per heavy atom. The van der Waals surface area contributed by atoms with Gasteiger partial charge in [-0.05, 0) is 84.8 Å². The van der Waals surface area contributed by atoms with Crippen molar-refractivity contribution in [2.45, 2.75) is 24.7 Å². The molecule has 0 saturated carbocycles. The van der Waals surface area contributed by atoms with E-state index in [4.69, 9.17) is 9.41 Å². The summed E-state index contributed by atoms with van der Waals surface area (Å²) in [6.45, 7) is 0. The van der Waals surface area contributed by atoms with Crippen LogP contribution >= 0.6 is 0 Å². The molecule has 1 aromatic heterocycles. The first-order chi connectivity index (χ1) is 27.2. The normalized spacial score (nSPS) is 18.0. The van der Waals surface area contributed by atoms with Gasteiger partial charge in [0, 0.05) is 22.4 Å². The van der Waals surface area contributed by atoms with Gasteiger partial charge in [-0.1, -0.05) is 164 Å². The summed E-state index contributed by atoms with van der Waals surface area (Å²) in [5, 5.41) is 16.4. The van der Waals surface area contributed by atoms with Crippen LogP contribution in [0.4, 0.5) is 0 Å². The Labute approximate surface area is 319 Å². The smallest absolute Gasteiger partial charge is 0.135 e. The first-order valence-electron chi connectivity index (χ1n) is 19.1. The lowest BCUT2D eigenvalue weighted by Gasteiger charge is -2.37. The molecule has 262 valence electrons. The van der Waals surface area contributed by atoms with Gasteiger partial charge in [-0.2, -0.15) is 0 Å². The Balaban J connectivity index is 1.03. The van der Waals surface area contributed by atoms with Crippen LogP contribution in [0.5, 0.6) is 0 Å². The van der Waals surface area contributed by atoms with Crippen molar-refractivity contribution in [2.24, 2.45) is 4.99 Å². The number of allylic oxidation sites excluding steroid dienone is 1. The van der Waals surface area contributed by atoms with E-state index in [0.717, 1.165) is 34.7 Å². The van der Waals surface area contributed by atoms with Crippen LogP contribution in [0.15, 0.2) is 185 Å². The lowest BCUT2D eigenvalue weighted by molar-refractivity contribution is 0.344. The molecule has 11 rings (SSSR count). The summed E-state index contributed by atoms with van der Waals surface area (Å²) in [7, 11) is 0. The predicted octanol–water partition coefficient (Wildman–Crippen LogP) is 12.4. The molecular formula is C51H37N3O. The molecule has 8 aromatic carbocycles. The number of furan rings is 1. The second-order valence-corrected chi connectivity index (χ2v) is 14.7. The van der Waals surface area contributed by atoms with Gasteiger partial charge in [0.1, 0.15) is 23.3 Å². The van der Waals surface area contributed by atoms with Crippen LogP contribution in [0.2, 0.25) is 0 Å². The van der Waals surface area contributed by atoms with Gasteiger partial charge in [0.15, 0.2) is 0 Å². The van der Waals surface area contributed by atoms with Crippen LogP contribution in [0.25, 0.3) is 71.6 Å². The molecule has 55 heavy (non-hydrogen) atoms. The number of nitrogens with zero attached hydrogens (tertiary/aromatic N) is 1. The average Bonchev–Trinajstić information content (AvgIpc) is 3.65. The summed E-state index contributed by atoms with van der Waals surface area (Å²) in [5.74, 6) is 1.87. The van der Waals surface area contributed by atoms with Gasteiger partial charge in [-0.15, -0.1) is 0 Å². The zero-order valence-electron chi connectivity index (χ0n) is 30.1. The van der Waals surface area contributed by atoms with Crippen molar-refractivity contribution < 1.29 is 4.42 Å². The first kappa shape index (κ1) is 31.7. The standard InChI is InChI=1S/C51H37N3O/c1-2-14-37-31-38(30-25-32(37)11-1)50-52-49(36-28-26-35(27-29-36)40-19-7-15-33-12-3-5-17-39(33)40)53-51(54-50)44-22-10-24-46-48(44)47-43(21-9-23-45(47)55-46)42-20-8-16-34-13-4-6-18-41(34)42/h1-21,23-31,44,50-51,54H,22H2,(H,52,53). The Morgan fingerprint density at radius 1 is 0.545 bits per heavy atom. The van der Waals surface area contributed by atoms with E-state index < -0.39 is 0 Å². The molecular weight excluding hydrogens is 671 g/mol. The highest BCUT2D eigenvalue weighted by Crippen LogP contribution is 2.45. The monoisotopic (exact) mass is 707 g/mol. The van der Waals surface area contributed by atoms with E-state index in [2.05, 4.69) is 193 Å². The van der Waals surface area contributed by atoms with Crippen LogP contribution in [-0.2, 0) is 0 Å². The summed E-state index contributed by atoms with van der Waals surface area (Å²) >= 11 is 0. The Bertz CT molecular complexity index is 2980. The topological polar surface area (TPSA) is 49.6 Å². The first-order valence-corrected chi connectivity index (χ1v) is 19.1. The second-order valence-electron chi connectivity index (χ2n) is 14.7. The predicted molar refractivity (Wildman–Crippen MR) is 228 cm³/mol. The molecule has 2 heterocycles. The van der Waals surface area contributed by atoms with Crippen LogP contribution in [0.3, 0.4) is 0 Å². The number of benzene rings is 8. The molecule has 0 fully saturated rings. The number of hydrogen-bond acceptors (Lipinski definition) is 4. The molecule has 0 radical (unpaired) electrons. The van der Waals surface area contributed by atoms with E-state index in [1.807, 2.05) is 0 Å². The van der Waals surface area contributed by atoms with Crippen LogP contribution in [0.1, 0.15) is 41.0 Å². The molecule has 0 amide bonds. The van der Waals surface area contributed by atoms with E-state index in [-0.39, 0.29) is 18.2 Å². The van der Waals surface area contributed by atoms with Gasteiger partial charge in [0.05, 0.1) is 6.17 Å². The van der Waals surface area contributed by atoms with E-state index >= 15 is 0 Å². The molecule has 1 aliphatic carbocycles. The van der Waals surface area contributed by atoms with E-state index in [1.54, 1.807) is 0 Å². The molecule has 2 aliphatic rings. The third-order valence-corrected chi connectivity index (χ3v) is 11.5. The van der Waals surface area contributed by atoms with Crippen molar-refractivity contribution in [2.75, 3.05) is 0 Å². The molecule has 3 atom stereocenters. The number of aliphatic imine (C=N–C) groups is 1. The van der Waals surface area contributed by atoms with Crippen LogP contribution in [0, 0.1) is 0 Å². The number of nitrogens with one attached hydrogen (secondary N) is 2. The third-order valence-electron chi connectivity index (χ3n) is 11.5. The minimum absolute atomic E-state index is 0.0702. The van der Waals surface area contributed by atoms with Gasteiger partial charge in [0.2, 0.25) is 0 Å². The summed E-state index contributed by atoms with van der Waals surface area (Å²) in [6, 6.07) is 60.9. The van der Waals surface area contributed by atoms with Gasteiger partial charge in [-0.25, -0.2) is 4.99 Å². The van der Waals surface area contributed by atoms with E-state index in [9.17, 15) is 0 Å². The van der Waals surface area contributed by atoms with Gasteiger partial charge >= 0.3 is 0 Å². The summed E-state index contributed by atoms with van der Waals surface area (Å²) in [4.78, 5) is 5.38. The molecule has 3 unspecified atom stereocenters. The highest BCUT2D eigenvalue weighted by atomic mass is 16.3. The Morgan fingerprint density at radius 3 is 1.98 bits per heavy atom. The van der Waals surface area contributed by atoms with E-state index in [1.165, 1.54) is 65.5 Å². The zero-order valence-corrected chi connectivity index (χ0v) is 30.1. The summed E-state index contributed by atoms with van der Waals surface area (Å²) in [5.41, 5.74) is 9.16. The molecule has 0 spiro atoms. The lowest BCUT2D eigenvalue weighted by atomic mass is 9.83. The second kappa shape index (κ2) is 13.0. The summed E-state index contributed by atoms with van der Waals surface area (Å²) < 4.78 is 6.67. The molecule has 9 aromatic rings. The van der Waals surface area contributed by atoms with Gasteiger partial charge < -0.3 is 9.73 Å². The quantitative estimate of drug-likeness (QED) is 0.187. The fourth-order valence-corrected chi connectivity index (χ4v) is 8.88. The molecule has 4 heteroatoms. The average molecular weight is 708 g/mol. The number of amidine groups is 1. The highest BCUT2D eigenvalue weighted by Gasteiger charge is 2.36. The maximum absolute atomic E-state index is 6.67. The van der Waals surface area contributed by atoms with Crippen molar-refractivity contribution in [3.05, 3.63) is 198 Å². The summed E-state index contributed by atoms with van der Waals surface area (Å²) in [6.07, 6.45) is 4.88. The molecule has 0 saturated heterocycles. The maximum Gasteiger partial charge on any atom is 0.135 e. The third kappa shape index (κ3) is 5.45. The molecule has 0 bridgehead atoms. The number of hydrogen-bond donors (Lipinski definition) is 2. The largest absolute Gasteiger partial charge is 0.456 e.